The van der Waals surface area contributed by atoms with Crippen LogP contribution >= 0.6 is 22.6 Å². The molecule has 0 bridgehead atoms. The molecule has 1 aliphatic heterocycles. The van der Waals surface area contributed by atoms with Crippen molar-refractivity contribution in [2.45, 2.75) is 63.8 Å². The smallest absolute Gasteiger partial charge is 0.336 e. The number of carboxylic acid groups (broad SMARTS) is 4. The van der Waals surface area contributed by atoms with Crippen LogP contribution in [0.4, 0.5) is 0 Å². The number of rotatable bonds is 23. The summed E-state index contributed by atoms with van der Waals surface area (Å²) in [5, 5.41) is 43.4. The van der Waals surface area contributed by atoms with E-state index in [0.29, 0.717) is 31.7 Å². The van der Waals surface area contributed by atoms with E-state index in [1.54, 1.807) is 18.2 Å². The summed E-state index contributed by atoms with van der Waals surface area (Å²) in [6.07, 6.45) is 0.284. The van der Waals surface area contributed by atoms with Crippen LogP contribution in [0.5, 0.6) is 0 Å². The highest BCUT2D eigenvalue weighted by atomic mass is 127. The van der Waals surface area contributed by atoms with Crippen LogP contribution in [0.25, 0.3) is 0 Å². The molecular formula is C37H45IN6O17. The molecule has 7 amide bonds. The number of carbonyl (C=O) groups is 12. The Bertz CT molecular complexity index is 1890. The molecule has 24 heteroatoms. The second-order valence-electron chi connectivity index (χ2n) is 14.1. The lowest BCUT2D eigenvalue weighted by molar-refractivity contribution is -0.201. The Morgan fingerprint density at radius 3 is 1.79 bits per heavy atom. The second-order valence-corrected chi connectivity index (χ2v) is 15.4. The number of benzene rings is 1. The van der Waals surface area contributed by atoms with Crippen LogP contribution in [0, 0.1) is 15.4 Å². The molecule has 2 fully saturated rings. The van der Waals surface area contributed by atoms with Gasteiger partial charge in [0.05, 0.1) is 5.92 Å². The number of carbonyl (C=O) groups excluding carboxylic acids is 8. The fraction of sp³-hybridized carbons (Fsp3) is 0.514. The molecular weight excluding hydrogens is 927 g/mol. The maximum Gasteiger partial charge on any atom is 0.336 e. The van der Waals surface area contributed by atoms with E-state index in [-0.39, 0.29) is 63.8 Å². The maximum atomic E-state index is 13.5. The Labute approximate surface area is 360 Å². The number of hydrogen-bond donors (Lipinski definition) is 6. The number of hydrogen-bond acceptors (Lipinski definition) is 13. The topological polar surface area (TPSA) is 332 Å². The van der Waals surface area contributed by atoms with E-state index in [0.717, 1.165) is 3.57 Å². The van der Waals surface area contributed by atoms with Gasteiger partial charge in [0, 0.05) is 34.4 Å². The number of hydroxylamine groups is 2. The van der Waals surface area contributed by atoms with Crippen LogP contribution in [-0.2, 0) is 57.6 Å². The summed E-state index contributed by atoms with van der Waals surface area (Å²) in [6.45, 7) is -6.36. The Kier molecular flexibility index (Phi) is 19.0. The quantitative estimate of drug-likeness (QED) is 0.0431. The number of amides is 7. The van der Waals surface area contributed by atoms with Crippen molar-refractivity contribution in [2.75, 3.05) is 45.8 Å². The zero-order valence-electron chi connectivity index (χ0n) is 32.6. The van der Waals surface area contributed by atoms with Gasteiger partial charge < -0.3 is 50.6 Å². The van der Waals surface area contributed by atoms with Crippen molar-refractivity contribution in [3.05, 3.63) is 33.4 Å². The summed E-state index contributed by atoms with van der Waals surface area (Å²) in [7, 11) is 0. The van der Waals surface area contributed by atoms with Gasteiger partial charge in [-0.1, -0.05) is 6.07 Å². The van der Waals surface area contributed by atoms with Gasteiger partial charge in [-0.3, -0.25) is 47.9 Å². The van der Waals surface area contributed by atoms with Gasteiger partial charge in [-0.2, -0.15) is 0 Å². The van der Waals surface area contributed by atoms with Crippen LogP contribution in [0.1, 0.15) is 68.1 Å². The highest BCUT2D eigenvalue weighted by Crippen LogP contribution is 2.31. The van der Waals surface area contributed by atoms with Crippen molar-refractivity contribution >= 4 is 93.8 Å². The summed E-state index contributed by atoms with van der Waals surface area (Å²) in [4.78, 5) is 155. The first-order valence-corrected chi connectivity index (χ1v) is 20.0. The van der Waals surface area contributed by atoms with E-state index in [2.05, 4.69) is 33.2 Å². The van der Waals surface area contributed by atoms with E-state index in [4.69, 9.17) is 4.84 Å². The van der Waals surface area contributed by atoms with Crippen molar-refractivity contribution in [3.8, 4) is 0 Å². The summed E-state index contributed by atoms with van der Waals surface area (Å²) in [6, 6.07) is 5.34. The average Bonchev–Trinajstić information content (AvgIpc) is 3.50. The van der Waals surface area contributed by atoms with Crippen LogP contribution in [0.3, 0.4) is 0 Å². The lowest BCUT2D eigenvalue weighted by Crippen LogP contribution is -2.53. The monoisotopic (exact) mass is 972 g/mol. The van der Waals surface area contributed by atoms with Crippen molar-refractivity contribution in [3.63, 3.8) is 0 Å². The Morgan fingerprint density at radius 2 is 1.25 bits per heavy atom. The molecule has 1 aromatic rings. The van der Waals surface area contributed by atoms with Gasteiger partial charge in [0.1, 0.15) is 45.3 Å². The van der Waals surface area contributed by atoms with Gasteiger partial charge in [0.15, 0.2) is 0 Å². The van der Waals surface area contributed by atoms with Gasteiger partial charge >= 0.3 is 29.8 Å². The molecule has 0 radical (unpaired) electrons. The average molecular weight is 973 g/mol. The number of imide groups is 1. The van der Waals surface area contributed by atoms with Gasteiger partial charge in [-0.05, 0) is 85.7 Å². The third-order valence-electron chi connectivity index (χ3n) is 9.50. The van der Waals surface area contributed by atoms with Crippen molar-refractivity contribution in [1.82, 2.24) is 30.4 Å². The van der Waals surface area contributed by atoms with Gasteiger partial charge in [-0.25, -0.2) is 9.59 Å². The van der Waals surface area contributed by atoms with Crippen LogP contribution < -0.4 is 10.6 Å². The summed E-state index contributed by atoms with van der Waals surface area (Å²) < 4.78 is 0.851. The van der Waals surface area contributed by atoms with Crippen molar-refractivity contribution < 1.29 is 82.8 Å². The summed E-state index contributed by atoms with van der Waals surface area (Å²) >= 11 is 2.05. The molecule has 61 heavy (non-hydrogen) atoms. The lowest BCUT2D eigenvalue weighted by atomic mass is 9.81. The zero-order chi connectivity index (χ0) is 45.4. The molecule has 1 atom stereocenters. The first-order chi connectivity index (χ1) is 28.7. The standard InChI is InChI=1S/C37H45IN6O17/c38-24-5-3-4-23(14-24)34(56)39-13-2-1-6-25(36(58)59)40-26(45)15-41(18-31(50)51)29(48)16-42(19-32(52)53)30(49)17-43(20-33(54)55)35(57)21-7-9-22(10-8-21)37(60)61-44-27(46)11-12-28(44)47/h3-5,14,21-22,25H,1-2,6-13,15-20H2,(H,39,56)(H,40,45)(H,50,51)(H,52,53)(H,54,55)(H,58,59)/t21?,22?,25-/m1/s1. The van der Waals surface area contributed by atoms with Gasteiger partial charge in [-0.15, -0.1) is 5.06 Å². The molecule has 0 spiro atoms. The molecule has 0 unspecified atom stereocenters. The second kappa shape index (κ2) is 23.5. The number of unbranched alkanes of at least 4 members (excludes halogenated alkanes) is 1. The van der Waals surface area contributed by atoms with E-state index in [1.165, 1.54) is 0 Å². The Hall–Kier alpha value is -6.21. The molecule has 1 saturated heterocycles. The lowest BCUT2D eigenvalue weighted by Gasteiger charge is -2.32. The number of nitrogens with one attached hydrogen (secondary N) is 2. The number of carboxylic acids is 4. The molecule has 3 rings (SSSR count). The third kappa shape index (κ3) is 16.1. The molecule has 332 valence electrons. The van der Waals surface area contributed by atoms with Crippen molar-refractivity contribution in [1.29, 1.82) is 0 Å². The summed E-state index contributed by atoms with van der Waals surface area (Å²) in [5.41, 5.74) is 0.432. The first-order valence-electron chi connectivity index (χ1n) is 18.9. The van der Waals surface area contributed by atoms with Crippen molar-refractivity contribution in [2.24, 2.45) is 11.8 Å². The van der Waals surface area contributed by atoms with Crippen LogP contribution in [-0.4, -0.2) is 163 Å². The highest BCUT2D eigenvalue weighted by molar-refractivity contribution is 14.1. The Morgan fingerprint density at radius 1 is 0.721 bits per heavy atom. The fourth-order valence-electron chi connectivity index (χ4n) is 6.43. The fourth-order valence-corrected chi connectivity index (χ4v) is 6.97. The van der Waals surface area contributed by atoms with Crippen LogP contribution in [0.2, 0.25) is 0 Å². The maximum absolute atomic E-state index is 13.5. The predicted molar refractivity (Wildman–Crippen MR) is 210 cm³/mol. The predicted octanol–water partition coefficient (Wildman–Crippen LogP) is -1.09. The summed E-state index contributed by atoms with van der Waals surface area (Å²) in [5.74, 6) is -15.0. The zero-order valence-corrected chi connectivity index (χ0v) is 34.8. The van der Waals surface area contributed by atoms with Crippen LogP contribution in [0.15, 0.2) is 24.3 Å². The molecule has 23 nitrogen and oxygen atoms in total. The van der Waals surface area contributed by atoms with Gasteiger partial charge in [0.2, 0.25) is 23.6 Å². The molecule has 6 N–H and O–H groups in total. The van der Waals surface area contributed by atoms with E-state index >= 15 is 0 Å². The largest absolute Gasteiger partial charge is 0.480 e. The van der Waals surface area contributed by atoms with E-state index in [1.807, 2.05) is 6.07 Å². The molecule has 1 aromatic carbocycles. The van der Waals surface area contributed by atoms with E-state index < -0.39 is 122 Å². The molecule has 1 aliphatic carbocycles. The first kappa shape index (κ1) is 49.2. The molecule has 2 aliphatic rings. The normalized spacial score (nSPS) is 16.4. The molecule has 1 saturated carbocycles. The minimum absolute atomic E-state index is 0.00357. The molecule has 0 aromatic heterocycles. The SMILES string of the molecule is O=C(O)CN(CC(=O)N[C@H](CCCCNC(=O)c1cccc(I)c1)C(=O)O)C(=O)CN(CC(=O)O)C(=O)CN(CC(=O)O)C(=O)C1CCC(C(=O)ON2C(=O)CCC2=O)CC1. The Balaban J connectivity index is 1.60. The van der Waals surface area contributed by atoms with Gasteiger partial charge in [0.25, 0.3) is 17.7 Å². The number of aliphatic carboxylic acids is 4. The number of halogens is 1. The molecule has 1 heterocycles. The highest BCUT2D eigenvalue weighted by Gasteiger charge is 2.39. The van der Waals surface area contributed by atoms with E-state index in [9.17, 15) is 78.0 Å². The minimum Gasteiger partial charge on any atom is -0.480 e. The minimum atomic E-state index is -1.65. The third-order valence-corrected chi connectivity index (χ3v) is 10.2. The number of nitrogens with zero attached hydrogens (tertiary/aromatic N) is 4.